The van der Waals surface area contributed by atoms with Crippen molar-refractivity contribution in [1.29, 1.82) is 0 Å². The molecule has 0 atom stereocenters. The molecule has 1 heterocycles. The van der Waals surface area contributed by atoms with Crippen LogP contribution in [-0.2, 0) is 4.79 Å². The van der Waals surface area contributed by atoms with Gasteiger partial charge in [-0.1, -0.05) is 6.92 Å². The number of carbonyl (C=O) groups excluding carboxylic acids is 1. The molecule has 0 aliphatic carbocycles. The molecule has 104 valence electrons. The number of likely N-dealkylation sites (tertiary alicyclic amines) is 1. The molecule has 0 radical (unpaired) electrons. The van der Waals surface area contributed by atoms with Crippen molar-refractivity contribution in [2.45, 2.75) is 19.8 Å². The van der Waals surface area contributed by atoms with E-state index in [2.05, 4.69) is 12.2 Å². The van der Waals surface area contributed by atoms with Gasteiger partial charge in [0.25, 0.3) is 0 Å². The number of piperidine rings is 1. The van der Waals surface area contributed by atoms with Gasteiger partial charge in [0.2, 0.25) is 5.91 Å². The van der Waals surface area contributed by atoms with Crippen LogP contribution in [0.1, 0.15) is 19.8 Å². The Labute approximate surface area is 111 Å². The van der Waals surface area contributed by atoms with E-state index in [0.717, 1.165) is 44.1 Å². The summed E-state index contributed by atoms with van der Waals surface area (Å²) >= 11 is 0. The van der Waals surface area contributed by atoms with Crippen LogP contribution in [0.25, 0.3) is 0 Å². The molecule has 1 aromatic carbocycles. The Morgan fingerprint density at radius 3 is 2.74 bits per heavy atom. The summed E-state index contributed by atoms with van der Waals surface area (Å²) in [6.07, 6.45) is 2.00. The number of anilines is 1. The lowest BCUT2D eigenvalue weighted by molar-refractivity contribution is -0.130. The molecule has 0 spiro atoms. The standard InChI is InChI=1S/C14H18F2N2O/c1-10-4-6-18(7-5-10)14(19)9-17-13-8-11(15)2-3-12(13)16/h2-3,8,10,17H,4-7,9H2,1H3. The Morgan fingerprint density at radius 1 is 1.37 bits per heavy atom. The van der Waals surface area contributed by atoms with Crippen LogP contribution in [0.2, 0.25) is 0 Å². The summed E-state index contributed by atoms with van der Waals surface area (Å²) in [5.41, 5.74) is 0.0266. The molecule has 3 nitrogen and oxygen atoms in total. The first kappa shape index (κ1) is 13.8. The van der Waals surface area contributed by atoms with E-state index in [0.29, 0.717) is 5.92 Å². The van der Waals surface area contributed by atoms with Crippen molar-refractivity contribution in [3.8, 4) is 0 Å². The Kier molecular flexibility index (Phi) is 4.35. The molecule has 1 aliphatic heterocycles. The number of nitrogens with one attached hydrogen (secondary N) is 1. The second-order valence-corrected chi connectivity index (χ2v) is 5.04. The second kappa shape index (κ2) is 5.99. The fraction of sp³-hybridized carbons (Fsp3) is 0.500. The normalized spacial score (nSPS) is 16.5. The van der Waals surface area contributed by atoms with Gasteiger partial charge < -0.3 is 10.2 Å². The number of halogens is 2. The van der Waals surface area contributed by atoms with E-state index in [1.54, 1.807) is 4.90 Å². The first-order valence-corrected chi connectivity index (χ1v) is 6.53. The van der Waals surface area contributed by atoms with Crippen LogP contribution in [0.3, 0.4) is 0 Å². The highest BCUT2D eigenvalue weighted by Gasteiger charge is 2.20. The van der Waals surface area contributed by atoms with Gasteiger partial charge in [0.05, 0.1) is 12.2 Å². The molecular weight excluding hydrogens is 250 g/mol. The highest BCUT2D eigenvalue weighted by molar-refractivity contribution is 5.81. The van der Waals surface area contributed by atoms with Crippen LogP contribution in [0.5, 0.6) is 0 Å². The van der Waals surface area contributed by atoms with Crippen LogP contribution >= 0.6 is 0 Å². The number of benzene rings is 1. The van der Waals surface area contributed by atoms with Crippen LogP contribution < -0.4 is 5.32 Å². The zero-order valence-corrected chi connectivity index (χ0v) is 11.0. The predicted octanol–water partition coefficient (Wildman–Crippen LogP) is 2.64. The third kappa shape index (κ3) is 3.66. The number of nitrogens with zero attached hydrogens (tertiary/aromatic N) is 1. The van der Waals surface area contributed by atoms with Crippen molar-refractivity contribution in [3.05, 3.63) is 29.8 Å². The van der Waals surface area contributed by atoms with Crippen LogP contribution in [0.4, 0.5) is 14.5 Å². The summed E-state index contributed by atoms with van der Waals surface area (Å²) in [7, 11) is 0. The summed E-state index contributed by atoms with van der Waals surface area (Å²) < 4.78 is 26.3. The summed E-state index contributed by atoms with van der Waals surface area (Å²) in [6, 6.07) is 3.15. The van der Waals surface area contributed by atoms with Gasteiger partial charge in [-0.15, -0.1) is 0 Å². The minimum Gasteiger partial charge on any atom is -0.374 e. The fourth-order valence-corrected chi connectivity index (χ4v) is 2.17. The molecule has 2 rings (SSSR count). The smallest absolute Gasteiger partial charge is 0.241 e. The molecule has 1 aliphatic rings. The maximum Gasteiger partial charge on any atom is 0.241 e. The summed E-state index contributed by atoms with van der Waals surface area (Å²) in [5, 5.41) is 2.66. The monoisotopic (exact) mass is 268 g/mol. The van der Waals surface area contributed by atoms with E-state index in [1.165, 1.54) is 0 Å². The van der Waals surface area contributed by atoms with Crippen LogP contribution in [-0.4, -0.2) is 30.4 Å². The number of hydrogen-bond donors (Lipinski definition) is 1. The molecule has 0 bridgehead atoms. The zero-order chi connectivity index (χ0) is 13.8. The quantitative estimate of drug-likeness (QED) is 0.914. The van der Waals surface area contributed by atoms with Crippen molar-refractivity contribution in [2.24, 2.45) is 5.92 Å². The number of rotatable bonds is 3. The van der Waals surface area contributed by atoms with Gasteiger partial charge in [0, 0.05) is 13.1 Å². The van der Waals surface area contributed by atoms with Gasteiger partial charge >= 0.3 is 0 Å². The molecule has 1 amide bonds. The maximum atomic E-state index is 13.4. The lowest BCUT2D eigenvalue weighted by atomic mass is 9.99. The van der Waals surface area contributed by atoms with Gasteiger partial charge in [0.1, 0.15) is 11.6 Å². The van der Waals surface area contributed by atoms with Gasteiger partial charge in [-0.3, -0.25) is 4.79 Å². The van der Waals surface area contributed by atoms with Crippen LogP contribution in [0, 0.1) is 17.6 Å². The molecule has 5 heteroatoms. The third-order valence-electron chi connectivity index (χ3n) is 3.49. The average Bonchev–Trinajstić information content (AvgIpc) is 2.40. The fourth-order valence-electron chi connectivity index (χ4n) is 2.17. The van der Waals surface area contributed by atoms with Gasteiger partial charge in [0.15, 0.2) is 0 Å². The molecule has 1 saturated heterocycles. The van der Waals surface area contributed by atoms with Gasteiger partial charge in [-0.2, -0.15) is 0 Å². The molecule has 0 aromatic heterocycles. The predicted molar refractivity (Wildman–Crippen MR) is 69.8 cm³/mol. The second-order valence-electron chi connectivity index (χ2n) is 5.04. The lowest BCUT2D eigenvalue weighted by Crippen LogP contribution is -2.41. The van der Waals surface area contributed by atoms with E-state index < -0.39 is 11.6 Å². The summed E-state index contributed by atoms with van der Waals surface area (Å²) in [5.74, 6) is -0.502. The summed E-state index contributed by atoms with van der Waals surface area (Å²) in [4.78, 5) is 13.7. The number of carbonyl (C=O) groups is 1. The molecule has 1 aromatic rings. The van der Waals surface area contributed by atoms with Crippen molar-refractivity contribution in [1.82, 2.24) is 4.90 Å². The minimum absolute atomic E-state index is 0.00520. The van der Waals surface area contributed by atoms with Crippen molar-refractivity contribution >= 4 is 11.6 Å². The van der Waals surface area contributed by atoms with E-state index >= 15 is 0 Å². The highest BCUT2D eigenvalue weighted by atomic mass is 19.1. The van der Waals surface area contributed by atoms with E-state index in [9.17, 15) is 13.6 Å². The Balaban J connectivity index is 1.88. The van der Waals surface area contributed by atoms with Crippen LogP contribution in [0.15, 0.2) is 18.2 Å². The number of amides is 1. The molecule has 19 heavy (non-hydrogen) atoms. The highest BCUT2D eigenvalue weighted by Crippen LogP contribution is 2.17. The Hall–Kier alpha value is -1.65. The maximum absolute atomic E-state index is 13.4. The van der Waals surface area contributed by atoms with Crippen molar-refractivity contribution < 1.29 is 13.6 Å². The Morgan fingerprint density at radius 2 is 2.05 bits per heavy atom. The first-order chi connectivity index (χ1) is 9.06. The molecular formula is C14H18F2N2O. The summed E-state index contributed by atoms with van der Waals surface area (Å²) in [6.45, 7) is 3.65. The van der Waals surface area contributed by atoms with Gasteiger partial charge in [-0.25, -0.2) is 8.78 Å². The zero-order valence-electron chi connectivity index (χ0n) is 11.0. The SMILES string of the molecule is CC1CCN(C(=O)CNc2cc(F)ccc2F)CC1. The van der Waals surface area contributed by atoms with E-state index in [1.807, 2.05) is 0 Å². The minimum atomic E-state index is -0.554. The molecule has 0 saturated carbocycles. The topological polar surface area (TPSA) is 32.3 Å². The largest absolute Gasteiger partial charge is 0.374 e. The molecule has 1 N–H and O–H groups in total. The number of hydrogen-bond acceptors (Lipinski definition) is 2. The van der Waals surface area contributed by atoms with Crippen molar-refractivity contribution in [2.75, 3.05) is 25.0 Å². The average molecular weight is 268 g/mol. The lowest BCUT2D eigenvalue weighted by Gasteiger charge is -2.30. The third-order valence-corrected chi connectivity index (χ3v) is 3.49. The first-order valence-electron chi connectivity index (χ1n) is 6.53. The van der Waals surface area contributed by atoms with E-state index in [-0.39, 0.29) is 18.1 Å². The van der Waals surface area contributed by atoms with Crippen molar-refractivity contribution in [3.63, 3.8) is 0 Å². The van der Waals surface area contributed by atoms with Gasteiger partial charge in [-0.05, 0) is 37.0 Å². The Bertz CT molecular complexity index is 457. The molecule has 1 fully saturated rings. The molecule has 0 unspecified atom stereocenters. The van der Waals surface area contributed by atoms with E-state index in [4.69, 9.17) is 0 Å².